The van der Waals surface area contributed by atoms with Gasteiger partial charge in [0.05, 0.1) is 19.3 Å². The molecule has 6 heteroatoms. The van der Waals surface area contributed by atoms with Crippen LogP contribution in [0.25, 0.3) is 10.9 Å². The van der Waals surface area contributed by atoms with Crippen molar-refractivity contribution in [1.29, 1.82) is 0 Å². The summed E-state index contributed by atoms with van der Waals surface area (Å²) >= 11 is 0. The van der Waals surface area contributed by atoms with Gasteiger partial charge in [-0.2, -0.15) is 0 Å². The minimum absolute atomic E-state index is 0.188. The second-order valence-corrected chi connectivity index (χ2v) is 8.19. The maximum absolute atomic E-state index is 13.3. The van der Waals surface area contributed by atoms with Crippen LogP contribution in [0.1, 0.15) is 23.6 Å². The van der Waals surface area contributed by atoms with Gasteiger partial charge in [0.1, 0.15) is 5.75 Å². The average molecular weight is 456 g/mol. The van der Waals surface area contributed by atoms with Crippen molar-refractivity contribution in [3.63, 3.8) is 0 Å². The van der Waals surface area contributed by atoms with Gasteiger partial charge >= 0.3 is 6.03 Å². The number of carbonyl (C=O) groups is 1. The Kier molecular flexibility index (Phi) is 7.28. The van der Waals surface area contributed by atoms with Crippen molar-refractivity contribution in [3.8, 4) is 5.75 Å². The number of aromatic amines is 1. The number of carbonyl (C=O) groups excluding carboxylic acids is 1. The number of benzene rings is 3. The van der Waals surface area contributed by atoms with Crippen molar-refractivity contribution in [2.45, 2.75) is 26.3 Å². The molecule has 0 unspecified atom stereocenters. The number of para-hydroxylation sites is 2. The maximum atomic E-state index is 13.3. The van der Waals surface area contributed by atoms with E-state index in [1.807, 2.05) is 60.7 Å². The van der Waals surface area contributed by atoms with Crippen molar-refractivity contribution < 1.29 is 9.53 Å². The molecule has 4 aromatic rings. The highest BCUT2D eigenvalue weighted by molar-refractivity contribution is 5.91. The van der Waals surface area contributed by atoms with Gasteiger partial charge in [-0.15, -0.1) is 0 Å². The number of hydrogen-bond acceptors (Lipinski definition) is 3. The van der Waals surface area contributed by atoms with Crippen LogP contribution >= 0.6 is 0 Å². The second-order valence-electron chi connectivity index (χ2n) is 8.19. The highest BCUT2D eigenvalue weighted by Gasteiger charge is 2.18. The zero-order chi connectivity index (χ0) is 23.9. The summed E-state index contributed by atoms with van der Waals surface area (Å²) in [6.45, 7) is 2.74. The van der Waals surface area contributed by atoms with Gasteiger partial charge in [0, 0.05) is 17.6 Å². The van der Waals surface area contributed by atoms with E-state index in [9.17, 15) is 9.59 Å². The molecule has 0 fully saturated rings. The highest BCUT2D eigenvalue weighted by Crippen LogP contribution is 2.24. The van der Waals surface area contributed by atoms with Gasteiger partial charge in [0.25, 0.3) is 5.56 Å². The van der Waals surface area contributed by atoms with Crippen molar-refractivity contribution in [2.75, 3.05) is 19.0 Å². The van der Waals surface area contributed by atoms with E-state index in [1.54, 1.807) is 24.1 Å². The van der Waals surface area contributed by atoms with Gasteiger partial charge in [0.2, 0.25) is 0 Å². The molecule has 0 aliphatic carbocycles. The zero-order valence-electron chi connectivity index (χ0n) is 19.5. The number of aromatic nitrogens is 1. The average Bonchev–Trinajstić information content (AvgIpc) is 2.87. The van der Waals surface area contributed by atoms with E-state index < -0.39 is 0 Å². The molecule has 1 aromatic heterocycles. The van der Waals surface area contributed by atoms with Crippen molar-refractivity contribution in [2.24, 2.45) is 0 Å². The molecule has 0 saturated heterocycles. The summed E-state index contributed by atoms with van der Waals surface area (Å²) in [4.78, 5) is 30.8. The summed E-state index contributed by atoms with van der Waals surface area (Å²) in [7, 11) is 1.57. The molecule has 0 saturated carbocycles. The Morgan fingerprint density at radius 1 is 0.971 bits per heavy atom. The van der Waals surface area contributed by atoms with Gasteiger partial charge in [-0.05, 0) is 59.7 Å². The fraction of sp³-hybridized carbons (Fsp3) is 0.214. The van der Waals surface area contributed by atoms with Crippen molar-refractivity contribution in [1.82, 2.24) is 9.88 Å². The number of pyridine rings is 1. The molecular weight excluding hydrogens is 426 g/mol. The van der Waals surface area contributed by atoms with Crippen LogP contribution in [0.15, 0.2) is 83.7 Å². The Morgan fingerprint density at radius 2 is 1.74 bits per heavy atom. The molecule has 1 heterocycles. The topological polar surface area (TPSA) is 74.4 Å². The molecule has 34 heavy (non-hydrogen) atoms. The first-order valence-corrected chi connectivity index (χ1v) is 11.4. The lowest BCUT2D eigenvalue weighted by Crippen LogP contribution is -2.37. The zero-order valence-corrected chi connectivity index (χ0v) is 19.5. The third kappa shape index (κ3) is 5.46. The maximum Gasteiger partial charge on any atom is 0.322 e. The summed E-state index contributed by atoms with van der Waals surface area (Å²) in [6.07, 6.45) is 1.58. The summed E-state index contributed by atoms with van der Waals surface area (Å²) in [6, 6.07) is 24.9. The minimum atomic E-state index is -0.290. The Bertz CT molecular complexity index is 1330. The van der Waals surface area contributed by atoms with Crippen LogP contribution in [-0.4, -0.2) is 29.6 Å². The first kappa shape index (κ1) is 23.1. The predicted molar refractivity (Wildman–Crippen MR) is 137 cm³/mol. The number of fused-ring (bicyclic) bond motifs is 1. The van der Waals surface area contributed by atoms with Gasteiger partial charge < -0.3 is 19.9 Å². The van der Waals surface area contributed by atoms with Crippen LogP contribution in [0.5, 0.6) is 5.75 Å². The third-order valence-electron chi connectivity index (χ3n) is 5.90. The van der Waals surface area contributed by atoms with E-state index in [2.05, 4.69) is 23.3 Å². The van der Waals surface area contributed by atoms with Crippen LogP contribution in [0.3, 0.4) is 0 Å². The number of hydrogen-bond donors (Lipinski definition) is 2. The molecule has 0 aliphatic rings. The van der Waals surface area contributed by atoms with Crippen LogP contribution in [0.4, 0.5) is 10.5 Å². The van der Waals surface area contributed by atoms with Crippen molar-refractivity contribution in [3.05, 3.63) is 106 Å². The molecule has 2 N–H and O–H groups in total. The molecule has 0 aliphatic heterocycles. The number of rotatable bonds is 8. The standard InChI is InChI=1S/C28H29N3O3/c1-3-20-13-14-24-22(17-20)18-23(27(32)29-24)19-31(16-15-21-9-5-4-6-10-21)28(33)30-25-11-7-8-12-26(25)34-2/h4-14,17-18H,3,15-16,19H2,1-2H3,(H,29,32)(H,30,33). The van der Waals surface area contributed by atoms with Gasteiger partial charge in [-0.1, -0.05) is 55.5 Å². The second kappa shape index (κ2) is 10.7. The molecule has 4 rings (SSSR count). The molecule has 0 bridgehead atoms. The molecule has 0 radical (unpaired) electrons. The highest BCUT2D eigenvalue weighted by atomic mass is 16.5. The number of ether oxygens (including phenoxy) is 1. The smallest absolute Gasteiger partial charge is 0.322 e. The largest absolute Gasteiger partial charge is 0.495 e. The van der Waals surface area contributed by atoms with E-state index in [0.717, 1.165) is 22.9 Å². The van der Waals surface area contributed by atoms with Crippen molar-refractivity contribution >= 4 is 22.6 Å². The first-order chi connectivity index (χ1) is 16.6. The fourth-order valence-electron chi connectivity index (χ4n) is 3.95. The third-order valence-corrected chi connectivity index (χ3v) is 5.90. The lowest BCUT2D eigenvalue weighted by Gasteiger charge is -2.24. The Labute approximate surface area is 199 Å². The summed E-state index contributed by atoms with van der Waals surface area (Å²) in [5.74, 6) is 0.578. The lowest BCUT2D eigenvalue weighted by atomic mass is 10.1. The fourth-order valence-corrected chi connectivity index (χ4v) is 3.95. The van der Waals surface area contributed by atoms with Crippen LogP contribution in [0, 0.1) is 0 Å². The van der Waals surface area contributed by atoms with E-state index in [4.69, 9.17) is 4.74 Å². The predicted octanol–water partition coefficient (Wildman–Crippen LogP) is 5.38. The number of nitrogens with zero attached hydrogens (tertiary/aromatic N) is 1. The quantitative estimate of drug-likeness (QED) is 0.375. The Hall–Kier alpha value is -4.06. The number of H-pyrrole nitrogens is 1. The summed E-state index contributed by atoms with van der Waals surface area (Å²) < 4.78 is 5.37. The summed E-state index contributed by atoms with van der Waals surface area (Å²) in [5.41, 5.74) is 4.05. The number of nitrogens with one attached hydrogen (secondary N) is 2. The minimum Gasteiger partial charge on any atom is -0.495 e. The number of methoxy groups -OCH3 is 1. The first-order valence-electron chi connectivity index (χ1n) is 11.4. The van der Waals surface area contributed by atoms with Gasteiger partial charge in [-0.25, -0.2) is 4.79 Å². The Balaban J connectivity index is 1.62. The number of aryl methyl sites for hydroxylation is 1. The van der Waals surface area contributed by atoms with E-state index >= 15 is 0 Å². The molecule has 174 valence electrons. The Morgan fingerprint density at radius 3 is 2.50 bits per heavy atom. The molecule has 6 nitrogen and oxygen atoms in total. The molecule has 0 spiro atoms. The van der Waals surface area contributed by atoms with E-state index in [0.29, 0.717) is 30.0 Å². The summed E-state index contributed by atoms with van der Waals surface area (Å²) in [5, 5.41) is 3.90. The van der Waals surface area contributed by atoms with Gasteiger partial charge in [-0.3, -0.25) is 4.79 Å². The van der Waals surface area contributed by atoms with E-state index in [1.165, 1.54) is 5.56 Å². The number of amides is 2. The molecule has 2 amide bonds. The van der Waals surface area contributed by atoms with E-state index in [-0.39, 0.29) is 18.1 Å². The van der Waals surface area contributed by atoms with Crippen LogP contribution < -0.4 is 15.6 Å². The molecule has 3 aromatic carbocycles. The molecule has 0 atom stereocenters. The number of anilines is 1. The van der Waals surface area contributed by atoms with Crippen LogP contribution in [0.2, 0.25) is 0 Å². The normalized spacial score (nSPS) is 10.8. The monoisotopic (exact) mass is 455 g/mol. The SMILES string of the molecule is CCc1ccc2[nH]c(=O)c(CN(CCc3ccccc3)C(=O)Nc3ccccc3OC)cc2c1. The number of urea groups is 1. The molecular formula is C28H29N3O3. The van der Waals surface area contributed by atoms with Gasteiger partial charge in [0.15, 0.2) is 0 Å². The lowest BCUT2D eigenvalue weighted by molar-refractivity contribution is 0.209. The van der Waals surface area contributed by atoms with Crippen LogP contribution in [-0.2, 0) is 19.4 Å².